The van der Waals surface area contributed by atoms with Crippen LogP contribution in [-0.2, 0) is 22.9 Å². The first-order chi connectivity index (χ1) is 11.4. The molecule has 0 spiro atoms. The first kappa shape index (κ1) is 17.1. The van der Waals surface area contributed by atoms with Crippen LogP contribution in [0.4, 0.5) is 5.69 Å². The monoisotopic (exact) mass is 411 g/mol. The highest BCUT2D eigenvalue weighted by molar-refractivity contribution is 9.10. The molecule has 0 radical (unpaired) electrons. The summed E-state index contributed by atoms with van der Waals surface area (Å²) in [6.45, 7) is 0. The number of hydrogen-bond acceptors (Lipinski definition) is 4. The third kappa shape index (κ3) is 3.23. The van der Waals surface area contributed by atoms with E-state index in [0.29, 0.717) is 21.7 Å². The van der Waals surface area contributed by atoms with Crippen molar-refractivity contribution in [1.82, 2.24) is 0 Å². The van der Waals surface area contributed by atoms with Gasteiger partial charge in [0.1, 0.15) is 4.90 Å². The summed E-state index contributed by atoms with van der Waals surface area (Å²) < 4.78 is 38.9. The molecular weight excluding hydrogens is 394 g/mol. The number of rotatable bonds is 5. The van der Waals surface area contributed by atoms with Gasteiger partial charge in [-0.15, -0.1) is 0 Å². The average molecular weight is 412 g/mol. The van der Waals surface area contributed by atoms with Gasteiger partial charge in [-0.3, -0.25) is 4.72 Å². The lowest BCUT2D eigenvalue weighted by Gasteiger charge is -2.14. The molecule has 2 aromatic rings. The fraction of sp³-hybridized carbons (Fsp3) is 0.294. The van der Waals surface area contributed by atoms with Gasteiger partial charge in [-0.05, 0) is 64.5 Å². The second kappa shape index (κ2) is 6.64. The van der Waals surface area contributed by atoms with Gasteiger partial charge in [-0.2, -0.15) is 0 Å². The Kier molecular flexibility index (Phi) is 4.73. The molecule has 5 nitrogen and oxygen atoms in total. The SMILES string of the molecule is COc1cc(Br)c(S(=O)(=O)Nc2ccc3c(c2)CCC3)cc1OC. The first-order valence-electron chi connectivity index (χ1n) is 7.51. The number of benzene rings is 2. The molecule has 0 heterocycles. The van der Waals surface area contributed by atoms with E-state index in [1.807, 2.05) is 12.1 Å². The van der Waals surface area contributed by atoms with E-state index < -0.39 is 10.0 Å². The van der Waals surface area contributed by atoms with Crippen molar-refractivity contribution in [2.45, 2.75) is 24.2 Å². The second-order valence-electron chi connectivity index (χ2n) is 5.58. The number of anilines is 1. The van der Waals surface area contributed by atoms with Gasteiger partial charge in [0, 0.05) is 16.2 Å². The van der Waals surface area contributed by atoms with Crippen molar-refractivity contribution in [2.75, 3.05) is 18.9 Å². The Hall–Kier alpha value is -1.73. The fourth-order valence-electron chi connectivity index (χ4n) is 2.89. The van der Waals surface area contributed by atoms with Crippen molar-refractivity contribution in [3.63, 3.8) is 0 Å². The molecule has 1 aliphatic carbocycles. The Labute approximate surface area is 150 Å². The highest BCUT2D eigenvalue weighted by atomic mass is 79.9. The van der Waals surface area contributed by atoms with Crippen molar-refractivity contribution in [3.05, 3.63) is 45.9 Å². The predicted molar refractivity (Wildman–Crippen MR) is 96.5 cm³/mol. The zero-order valence-electron chi connectivity index (χ0n) is 13.4. The third-order valence-corrected chi connectivity index (χ3v) is 6.42. The summed E-state index contributed by atoms with van der Waals surface area (Å²) in [6.07, 6.45) is 3.17. The Morgan fingerprint density at radius 2 is 1.67 bits per heavy atom. The molecule has 0 aromatic heterocycles. The Morgan fingerprint density at radius 1 is 1.00 bits per heavy atom. The largest absolute Gasteiger partial charge is 0.493 e. The molecule has 7 heteroatoms. The minimum Gasteiger partial charge on any atom is -0.493 e. The molecule has 0 unspecified atom stereocenters. The molecule has 0 fully saturated rings. The zero-order valence-corrected chi connectivity index (χ0v) is 15.8. The number of halogens is 1. The highest BCUT2D eigenvalue weighted by Gasteiger charge is 2.22. The van der Waals surface area contributed by atoms with E-state index in [-0.39, 0.29) is 4.90 Å². The van der Waals surface area contributed by atoms with Crippen LogP contribution in [0.2, 0.25) is 0 Å². The van der Waals surface area contributed by atoms with E-state index in [0.717, 1.165) is 19.3 Å². The van der Waals surface area contributed by atoms with Gasteiger partial charge in [0.05, 0.1) is 14.2 Å². The predicted octanol–water partition coefficient (Wildman–Crippen LogP) is 3.76. The molecule has 1 aliphatic rings. The van der Waals surface area contributed by atoms with Gasteiger partial charge in [0.25, 0.3) is 10.0 Å². The molecule has 0 bridgehead atoms. The van der Waals surface area contributed by atoms with E-state index in [9.17, 15) is 8.42 Å². The van der Waals surface area contributed by atoms with E-state index in [4.69, 9.17) is 9.47 Å². The molecule has 128 valence electrons. The van der Waals surface area contributed by atoms with E-state index in [1.165, 1.54) is 31.4 Å². The van der Waals surface area contributed by atoms with E-state index in [2.05, 4.69) is 20.7 Å². The number of fused-ring (bicyclic) bond motifs is 1. The van der Waals surface area contributed by atoms with E-state index in [1.54, 1.807) is 12.1 Å². The summed E-state index contributed by atoms with van der Waals surface area (Å²) in [4.78, 5) is 0.0978. The van der Waals surface area contributed by atoms with Crippen LogP contribution in [-0.4, -0.2) is 22.6 Å². The van der Waals surface area contributed by atoms with Gasteiger partial charge in [-0.1, -0.05) is 6.07 Å². The van der Waals surface area contributed by atoms with Crippen molar-refractivity contribution in [2.24, 2.45) is 0 Å². The molecular formula is C17H18BrNO4S. The lowest BCUT2D eigenvalue weighted by molar-refractivity contribution is 0.353. The van der Waals surface area contributed by atoms with Crippen LogP contribution in [0.1, 0.15) is 17.5 Å². The zero-order chi connectivity index (χ0) is 17.3. The summed E-state index contributed by atoms with van der Waals surface area (Å²) in [5, 5.41) is 0. The Balaban J connectivity index is 1.96. The topological polar surface area (TPSA) is 64.6 Å². The number of nitrogens with one attached hydrogen (secondary N) is 1. The minimum atomic E-state index is -3.75. The van der Waals surface area contributed by atoms with Crippen LogP contribution in [0.15, 0.2) is 39.7 Å². The molecule has 0 aliphatic heterocycles. The highest BCUT2D eigenvalue weighted by Crippen LogP contribution is 2.36. The molecule has 0 amide bonds. The lowest BCUT2D eigenvalue weighted by Crippen LogP contribution is -2.14. The van der Waals surface area contributed by atoms with E-state index >= 15 is 0 Å². The molecule has 0 atom stereocenters. The summed E-state index contributed by atoms with van der Waals surface area (Å²) >= 11 is 3.30. The number of aryl methyl sites for hydroxylation is 2. The van der Waals surface area contributed by atoms with Gasteiger partial charge in [0.15, 0.2) is 11.5 Å². The van der Waals surface area contributed by atoms with Gasteiger partial charge in [-0.25, -0.2) is 8.42 Å². The number of hydrogen-bond donors (Lipinski definition) is 1. The molecule has 24 heavy (non-hydrogen) atoms. The number of methoxy groups -OCH3 is 2. The first-order valence-corrected chi connectivity index (χ1v) is 9.78. The maximum absolute atomic E-state index is 12.8. The molecule has 2 aromatic carbocycles. The summed E-state index contributed by atoms with van der Waals surface area (Å²) in [6, 6.07) is 8.73. The number of ether oxygens (including phenoxy) is 2. The van der Waals surface area contributed by atoms with Crippen LogP contribution in [0.3, 0.4) is 0 Å². The van der Waals surface area contributed by atoms with Crippen molar-refractivity contribution < 1.29 is 17.9 Å². The van der Waals surface area contributed by atoms with Crippen LogP contribution < -0.4 is 14.2 Å². The molecule has 3 rings (SSSR count). The van der Waals surface area contributed by atoms with Crippen LogP contribution in [0.5, 0.6) is 11.5 Å². The summed E-state index contributed by atoms with van der Waals surface area (Å²) in [5.74, 6) is 0.816. The Morgan fingerprint density at radius 3 is 2.38 bits per heavy atom. The minimum absolute atomic E-state index is 0.0978. The van der Waals surface area contributed by atoms with Crippen molar-refractivity contribution in [3.8, 4) is 11.5 Å². The van der Waals surface area contributed by atoms with Gasteiger partial charge in [0.2, 0.25) is 0 Å². The summed E-state index contributed by atoms with van der Waals surface area (Å²) in [5.41, 5.74) is 3.07. The smallest absolute Gasteiger partial charge is 0.263 e. The Bertz CT molecular complexity index is 880. The normalized spacial score (nSPS) is 13.5. The van der Waals surface area contributed by atoms with Crippen molar-refractivity contribution in [1.29, 1.82) is 0 Å². The lowest BCUT2D eigenvalue weighted by atomic mass is 10.1. The average Bonchev–Trinajstić information content (AvgIpc) is 3.01. The quantitative estimate of drug-likeness (QED) is 0.813. The molecule has 0 saturated heterocycles. The van der Waals surface area contributed by atoms with Crippen LogP contribution >= 0.6 is 15.9 Å². The fourth-order valence-corrected chi connectivity index (χ4v) is 4.97. The third-order valence-electron chi connectivity index (χ3n) is 4.08. The summed E-state index contributed by atoms with van der Waals surface area (Å²) in [7, 11) is -0.782. The van der Waals surface area contributed by atoms with Gasteiger partial charge >= 0.3 is 0 Å². The molecule has 1 N–H and O–H groups in total. The maximum Gasteiger partial charge on any atom is 0.263 e. The second-order valence-corrected chi connectivity index (χ2v) is 8.09. The molecule has 0 saturated carbocycles. The van der Waals surface area contributed by atoms with Gasteiger partial charge < -0.3 is 9.47 Å². The van der Waals surface area contributed by atoms with Crippen LogP contribution in [0.25, 0.3) is 0 Å². The maximum atomic E-state index is 12.8. The standard InChI is InChI=1S/C17H18BrNO4S/c1-22-15-9-14(18)17(10-16(15)23-2)24(20,21)19-13-7-6-11-4-3-5-12(11)8-13/h6-10,19H,3-5H2,1-2H3. The number of sulfonamides is 1. The van der Waals surface area contributed by atoms with Crippen LogP contribution in [0, 0.1) is 0 Å². The van der Waals surface area contributed by atoms with Crippen molar-refractivity contribution >= 4 is 31.6 Å².